The first-order chi connectivity index (χ1) is 34.3. The number of H-pyrrole nitrogens is 1. The smallest absolute Gasteiger partial charge is 0.266 e. The van der Waals surface area contributed by atoms with Gasteiger partial charge in [-0.05, 0) is 119 Å². The maximum absolute atomic E-state index is 14.0. The standard InChI is InChI=1S/C56H70N8O7/c1-6-39(5)63-35-37(3)50-43(52(66)58-34-44-36(2)30-38(4)59-53(44)67)31-41(32-46(50)63)40-20-22-48(57-33-40)62-27-25-61(26-28-62)24-15-13-11-9-7-8-10-12-14-16-29-71-47-19-17-18-42-51(47)56(70)64(55(42)69)45-21-23-49(65)60-54(45)68/h17-20,22,30-33,35,39,45H,6-16,21,23-29,34H2,1-5H3,(H,58,66)(H,59,67)(H,60,65,68). The summed E-state index contributed by atoms with van der Waals surface area (Å²) in [6.07, 6.45) is 16.8. The highest BCUT2D eigenvalue weighted by atomic mass is 16.5. The Kier molecular flexibility index (Phi) is 16.5. The number of aromatic nitrogens is 3. The zero-order valence-electron chi connectivity index (χ0n) is 42.2. The first-order valence-electron chi connectivity index (χ1n) is 25.9. The topological polar surface area (TPSA) is 179 Å². The summed E-state index contributed by atoms with van der Waals surface area (Å²) in [5.41, 5.74) is 6.96. The van der Waals surface area contributed by atoms with Crippen LogP contribution in [0.25, 0.3) is 22.0 Å². The highest BCUT2D eigenvalue weighted by molar-refractivity contribution is 6.24. The number of hydrogen-bond acceptors (Lipinski definition) is 10. The van der Waals surface area contributed by atoms with Gasteiger partial charge in [0.15, 0.2) is 0 Å². The van der Waals surface area contributed by atoms with E-state index in [-0.39, 0.29) is 48.0 Å². The number of benzene rings is 2. The quantitative estimate of drug-likeness (QED) is 0.0449. The van der Waals surface area contributed by atoms with Crippen molar-refractivity contribution in [2.45, 2.75) is 137 Å². The molecule has 3 aliphatic rings. The molecule has 2 fully saturated rings. The van der Waals surface area contributed by atoms with Crippen LogP contribution in [0.1, 0.15) is 157 Å². The third-order valence-corrected chi connectivity index (χ3v) is 14.7. The van der Waals surface area contributed by atoms with E-state index in [0.717, 1.165) is 108 Å². The van der Waals surface area contributed by atoms with E-state index in [0.29, 0.717) is 23.5 Å². The first kappa shape index (κ1) is 50.8. The molecule has 5 amide bonds. The molecular formula is C56H70N8O7. The molecule has 15 heteroatoms. The van der Waals surface area contributed by atoms with E-state index in [2.05, 4.69) is 75.2 Å². The number of ether oxygens (including phenoxy) is 1. The van der Waals surface area contributed by atoms with Gasteiger partial charge in [-0.3, -0.25) is 43.9 Å². The maximum atomic E-state index is 14.0. The number of piperidine rings is 1. The molecule has 2 saturated heterocycles. The van der Waals surface area contributed by atoms with Crippen molar-refractivity contribution in [1.82, 2.24) is 35.0 Å². The minimum Gasteiger partial charge on any atom is -0.493 e. The van der Waals surface area contributed by atoms with Crippen molar-refractivity contribution in [1.29, 1.82) is 0 Å². The second-order valence-corrected chi connectivity index (χ2v) is 19.8. The number of aryl methyl sites for hydroxylation is 3. The molecule has 3 aromatic heterocycles. The van der Waals surface area contributed by atoms with Crippen LogP contribution in [0.4, 0.5) is 5.82 Å². The minimum absolute atomic E-state index is 0.0810. The van der Waals surface area contributed by atoms with Gasteiger partial charge in [-0.1, -0.05) is 64.4 Å². The highest BCUT2D eigenvalue weighted by Crippen LogP contribution is 2.36. The summed E-state index contributed by atoms with van der Waals surface area (Å²) in [6, 6.07) is 14.5. The zero-order chi connectivity index (χ0) is 50.2. The van der Waals surface area contributed by atoms with Gasteiger partial charge in [-0.25, -0.2) is 4.98 Å². The number of anilines is 1. The molecule has 6 heterocycles. The number of pyridine rings is 2. The Morgan fingerprint density at radius 2 is 1.55 bits per heavy atom. The van der Waals surface area contributed by atoms with Gasteiger partial charge in [0.05, 0.1) is 17.7 Å². The summed E-state index contributed by atoms with van der Waals surface area (Å²) >= 11 is 0. The molecule has 2 aromatic carbocycles. The molecule has 0 radical (unpaired) electrons. The van der Waals surface area contributed by atoms with Crippen LogP contribution < -0.4 is 25.8 Å². The molecule has 3 aliphatic heterocycles. The number of rotatable bonds is 22. The van der Waals surface area contributed by atoms with Crippen molar-refractivity contribution >= 4 is 46.3 Å². The molecule has 15 nitrogen and oxygen atoms in total. The lowest BCUT2D eigenvalue weighted by Crippen LogP contribution is -2.54. The summed E-state index contributed by atoms with van der Waals surface area (Å²) < 4.78 is 8.26. The van der Waals surface area contributed by atoms with E-state index in [4.69, 9.17) is 9.72 Å². The molecule has 71 heavy (non-hydrogen) atoms. The van der Waals surface area contributed by atoms with Crippen LogP contribution in [0, 0.1) is 20.8 Å². The predicted octanol–water partition coefficient (Wildman–Crippen LogP) is 8.72. The fourth-order valence-corrected chi connectivity index (χ4v) is 10.4. The normalized spacial score (nSPS) is 16.7. The number of nitrogens with one attached hydrogen (secondary N) is 3. The lowest BCUT2D eigenvalue weighted by atomic mass is 9.98. The number of hydrogen-bond donors (Lipinski definition) is 3. The predicted molar refractivity (Wildman–Crippen MR) is 276 cm³/mol. The Balaban J connectivity index is 0.722. The lowest BCUT2D eigenvalue weighted by Gasteiger charge is -2.35. The lowest BCUT2D eigenvalue weighted by molar-refractivity contribution is -0.136. The van der Waals surface area contributed by atoms with Crippen LogP contribution >= 0.6 is 0 Å². The van der Waals surface area contributed by atoms with E-state index in [1.807, 2.05) is 32.2 Å². The molecule has 2 unspecified atom stereocenters. The van der Waals surface area contributed by atoms with Crippen LogP contribution in [0.2, 0.25) is 0 Å². The number of fused-ring (bicyclic) bond motifs is 2. The van der Waals surface area contributed by atoms with Gasteiger partial charge in [0, 0.05) is 90.9 Å². The van der Waals surface area contributed by atoms with Crippen molar-refractivity contribution in [3.8, 4) is 16.9 Å². The number of piperazine rings is 1. The average molecular weight is 967 g/mol. The first-order valence-corrected chi connectivity index (χ1v) is 25.9. The van der Waals surface area contributed by atoms with Crippen molar-refractivity contribution in [2.24, 2.45) is 0 Å². The molecule has 0 bridgehead atoms. The van der Waals surface area contributed by atoms with Crippen LogP contribution in [-0.2, 0) is 16.1 Å². The third kappa shape index (κ3) is 11.6. The van der Waals surface area contributed by atoms with E-state index in [1.165, 1.54) is 44.9 Å². The van der Waals surface area contributed by atoms with E-state index in [9.17, 15) is 28.8 Å². The Labute approximate surface area is 416 Å². The molecule has 5 aromatic rings. The Morgan fingerprint density at radius 1 is 0.831 bits per heavy atom. The second-order valence-electron chi connectivity index (χ2n) is 19.8. The fraction of sp³-hybridized carbons (Fsp3) is 0.482. The summed E-state index contributed by atoms with van der Waals surface area (Å²) in [5.74, 6) is -0.990. The number of unbranched alkanes of at least 4 members (excludes halogenated alkanes) is 9. The minimum atomic E-state index is -0.997. The van der Waals surface area contributed by atoms with E-state index >= 15 is 0 Å². The third-order valence-electron chi connectivity index (χ3n) is 14.7. The maximum Gasteiger partial charge on any atom is 0.266 e. The molecular weight excluding hydrogens is 897 g/mol. The van der Waals surface area contributed by atoms with Crippen molar-refractivity contribution in [2.75, 3.05) is 44.2 Å². The van der Waals surface area contributed by atoms with Crippen molar-refractivity contribution in [3.63, 3.8) is 0 Å². The number of carbonyl (C=O) groups is 5. The molecule has 2 atom stereocenters. The molecule has 0 spiro atoms. The van der Waals surface area contributed by atoms with Crippen molar-refractivity contribution in [3.05, 3.63) is 110 Å². The van der Waals surface area contributed by atoms with Gasteiger partial charge >= 0.3 is 0 Å². The Bertz CT molecular complexity index is 2820. The molecule has 8 rings (SSSR count). The van der Waals surface area contributed by atoms with Gasteiger partial charge in [0.1, 0.15) is 17.6 Å². The summed E-state index contributed by atoms with van der Waals surface area (Å²) in [4.78, 5) is 90.8. The fourth-order valence-electron chi connectivity index (χ4n) is 10.4. The Hall–Kier alpha value is -6.61. The second kappa shape index (κ2) is 23.1. The van der Waals surface area contributed by atoms with Gasteiger partial charge < -0.3 is 24.5 Å². The molecule has 3 N–H and O–H groups in total. The van der Waals surface area contributed by atoms with Crippen molar-refractivity contribution < 1.29 is 28.7 Å². The summed E-state index contributed by atoms with van der Waals surface area (Å²) in [6.45, 7) is 15.8. The number of carbonyl (C=O) groups excluding carboxylic acids is 5. The van der Waals surface area contributed by atoms with E-state index in [1.54, 1.807) is 18.2 Å². The van der Waals surface area contributed by atoms with E-state index < -0.39 is 29.7 Å². The highest BCUT2D eigenvalue weighted by Gasteiger charge is 2.46. The SMILES string of the molecule is CCC(C)n1cc(C)c2c(C(=O)NCc3c(C)cc(C)[nH]c3=O)cc(-c3ccc(N4CCN(CCCCCCCCCCCCOc5cccc6c5C(=O)N(C5CCC(=O)NC5=O)C6=O)CC4)nc3)cc21. The average Bonchev–Trinajstić information content (AvgIpc) is 3.83. The Morgan fingerprint density at radius 3 is 2.23 bits per heavy atom. The largest absolute Gasteiger partial charge is 0.493 e. The molecule has 0 saturated carbocycles. The number of amides is 5. The summed E-state index contributed by atoms with van der Waals surface area (Å²) in [7, 11) is 0. The zero-order valence-corrected chi connectivity index (χ0v) is 42.2. The number of imide groups is 2. The van der Waals surface area contributed by atoms with Crippen LogP contribution in [-0.4, -0.2) is 99.2 Å². The van der Waals surface area contributed by atoms with Crippen LogP contribution in [0.3, 0.4) is 0 Å². The summed E-state index contributed by atoms with van der Waals surface area (Å²) in [5, 5.41) is 6.21. The molecule has 376 valence electrons. The van der Waals surface area contributed by atoms with Gasteiger partial charge in [0.25, 0.3) is 23.3 Å². The number of nitrogens with zero attached hydrogens (tertiary/aromatic N) is 5. The van der Waals surface area contributed by atoms with Gasteiger partial charge in [-0.15, -0.1) is 0 Å². The molecule has 0 aliphatic carbocycles. The van der Waals surface area contributed by atoms with Crippen LogP contribution in [0.15, 0.2) is 65.7 Å². The number of aromatic amines is 1. The monoisotopic (exact) mass is 967 g/mol. The van der Waals surface area contributed by atoms with Crippen LogP contribution in [0.5, 0.6) is 5.75 Å². The van der Waals surface area contributed by atoms with Gasteiger partial charge in [0.2, 0.25) is 11.8 Å². The van der Waals surface area contributed by atoms with Gasteiger partial charge in [-0.2, -0.15) is 0 Å².